The topological polar surface area (TPSA) is 35.2 Å². The van der Waals surface area contributed by atoms with Gasteiger partial charge in [0.2, 0.25) is 0 Å². The fourth-order valence-electron chi connectivity index (χ4n) is 1.04. The van der Waals surface area contributed by atoms with Gasteiger partial charge in [0.15, 0.2) is 0 Å². The van der Waals surface area contributed by atoms with Gasteiger partial charge in [0, 0.05) is 10.5 Å². The third kappa shape index (κ3) is 4.19. The van der Waals surface area contributed by atoms with Gasteiger partial charge in [0.25, 0.3) is 0 Å². The molecule has 1 rings (SSSR count). The van der Waals surface area contributed by atoms with E-state index >= 15 is 0 Å². The average Bonchev–Trinajstić information content (AvgIpc) is 2.20. The van der Waals surface area contributed by atoms with Gasteiger partial charge in [-0.05, 0) is 41.4 Å². The van der Waals surface area contributed by atoms with Crippen LogP contribution in [0.2, 0.25) is 10.0 Å². The van der Waals surface area contributed by atoms with E-state index in [1.165, 1.54) is 0 Å². The Labute approximate surface area is 108 Å². The highest BCUT2D eigenvalue weighted by Gasteiger charge is 2.06. The summed E-state index contributed by atoms with van der Waals surface area (Å²) in [6.07, 6.45) is 1.86. The summed E-state index contributed by atoms with van der Waals surface area (Å²) < 4.78 is 6.25. The second-order valence-corrected chi connectivity index (χ2v) is 4.71. The van der Waals surface area contributed by atoms with E-state index in [0.29, 0.717) is 28.9 Å². The van der Waals surface area contributed by atoms with Crippen molar-refractivity contribution < 1.29 is 4.74 Å². The number of rotatable bonds is 5. The van der Waals surface area contributed by atoms with Crippen LogP contribution in [0.1, 0.15) is 12.8 Å². The molecule has 1 aromatic rings. The summed E-state index contributed by atoms with van der Waals surface area (Å²) in [6.45, 7) is 1.28. The molecule has 0 heterocycles. The lowest BCUT2D eigenvalue weighted by atomic mass is 10.3. The first kappa shape index (κ1) is 13.1. The lowest BCUT2D eigenvalue weighted by Gasteiger charge is -2.08. The molecule has 0 spiro atoms. The smallest absolute Gasteiger partial charge is 0.139 e. The second-order valence-electron chi connectivity index (χ2n) is 3.04. The minimum atomic E-state index is 0.555. The van der Waals surface area contributed by atoms with Crippen LogP contribution in [0.15, 0.2) is 16.6 Å². The molecule has 0 fully saturated rings. The van der Waals surface area contributed by atoms with Crippen LogP contribution in [0.3, 0.4) is 0 Å². The Morgan fingerprint density at radius 3 is 2.60 bits per heavy atom. The van der Waals surface area contributed by atoms with E-state index < -0.39 is 0 Å². The molecule has 15 heavy (non-hydrogen) atoms. The van der Waals surface area contributed by atoms with Crippen molar-refractivity contribution in [2.45, 2.75) is 12.8 Å². The second kappa shape index (κ2) is 6.59. The van der Waals surface area contributed by atoms with Gasteiger partial charge in [-0.15, -0.1) is 0 Å². The Morgan fingerprint density at radius 1 is 1.20 bits per heavy atom. The summed E-state index contributed by atoms with van der Waals surface area (Å²) in [5.41, 5.74) is 5.37. The van der Waals surface area contributed by atoms with Crippen LogP contribution in [0.5, 0.6) is 5.75 Å². The van der Waals surface area contributed by atoms with Crippen molar-refractivity contribution in [2.75, 3.05) is 13.2 Å². The summed E-state index contributed by atoms with van der Waals surface area (Å²) >= 11 is 15.2. The third-order valence-electron chi connectivity index (χ3n) is 1.83. The Balaban J connectivity index is 2.57. The lowest BCUT2D eigenvalue weighted by molar-refractivity contribution is 0.308. The van der Waals surface area contributed by atoms with Gasteiger partial charge < -0.3 is 10.5 Å². The van der Waals surface area contributed by atoms with Crippen molar-refractivity contribution in [1.82, 2.24) is 0 Å². The number of ether oxygens (including phenoxy) is 1. The molecule has 0 saturated heterocycles. The van der Waals surface area contributed by atoms with Crippen LogP contribution in [-0.4, -0.2) is 13.2 Å². The Bertz CT molecular complexity index is 333. The fourth-order valence-corrected chi connectivity index (χ4v) is 1.89. The normalized spacial score (nSPS) is 10.4. The zero-order chi connectivity index (χ0) is 11.3. The number of hydrogen-bond donors (Lipinski definition) is 1. The molecule has 0 aliphatic carbocycles. The molecule has 0 unspecified atom stereocenters. The van der Waals surface area contributed by atoms with E-state index in [1.807, 2.05) is 0 Å². The maximum atomic E-state index is 5.98. The molecule has 2 N–H and O–H groups in total. The summed E-state index contributed by atoms with van der Waals surface area (Å²) in [4.78, 5) is 0. The Morgan fingerprint density at radius 2 is 1.93 bits per heavy atom. The van der Waals surface area contributed by atoms with Crippen LogP contribution in [0, 0.1) is 0 Å². The summed E-state index contributed by atoms with van der Waals surface area (Å²) in [5.74, 6) is 0.613. The first-order valence-electron chi connectivity index (χ1n) is 4.62. The SMILES string of the molecule is NCCCCOc1cc(Cl)c(Br)cc1Cl. The van der Waals surface area contributed by atoms with Gasteiger partial charge in [-0.3, -0.25) is 0 Å². The predicted molar refractivity (Wildman–Crippen MR) is 67.9 cm³/mol. The number of nitrogens with two attached hydrogens (primary N) is 1. The zero-order valence-corrected chi connectivity index (χ0v) is 11.2. The minimum absolute atomic E-state index is 0.555. The van der Waals surface area contributed by atoms with E-state index in [-0.39, 0.29) is 0 Å². The van der Waals surface area contributed by atoms with Gasteiger partial charge in [0.1, 0.15) is 5.75 Å². The molecule has 5 heteroatoms. The maximum absolute atomic E-state index is 5.98. The number of unbranched alkanes of at least 4 members (excludes halogenated alkanes) is 1. The largest absolute Gasteiger partial charge is 0.492 e. The number of hydrogen-bond acceptors (Lipinski definition) is 2. The van der Waals surface area contributed by atoms with Crippen LogP contribution in [0.25, 0.3) is 0 Å². The first-order chi connectivity index (χ1) is 7.15. The molecule has 1 aromatic carbocycles. The molecular weight excluding hydrogens is 301 g/mol. The van der Waals surface area contributed by atoms with Crippen LogP contribution >= 0.6 is 39.1 Å². The summed E-state index contributed by atoms with van der Waals surface area (Å²) in [7, 11) is 0. The van der Waals surface area contributed by atoms with Gasteiger partial charge >= 0.3 is 0 Å². The maximum Gasteiger partial charge on any atom is 0.139 e. The molecule has 0 saturated carbocycles. The van der Waals surface area contributed by atoms with E-state index in [0.717, 1.165) is 17.3 Å². The van der Waals surface area contributed by atoms with Gasteiger partial charge in [-0.25, -0.2) is 0 Å². The van der Waals surface area contributed by atoms with E-state index in [9.17, 15) is 0 Å². The van der Waals surface area contributed by atoms with Crippen molar-refractivity contribution in [3.8, 4) is 5.75 Å². The lowest BCUT2D eigenvalue weighted by Crippen LogP contribution is -2.03. The van der Waals surface area contributed by atoms with Gasteiger partial charge in [-0.1, -0.05) is 23.2 Å². The molecule has 84 valence electrons. The summed E-state index contributed by atoms with van der Waals surface area (Å²) in [5, 5.41) is 1.15. The van der Waals surface area contributed by atoms with Crippen LogP contribution in [-0.2, 0) is 0 Å². The molecule has 0 radical (unpaired) electrons. The van der Waals surface area contributed by atoms with Crippen molar-refractivity contribution >= 4 is 39.1 Å². The Hall–Kier alpha value is 0.0400. The minimum Gasteiger partial charge on any atom is -0.492 e. The van der Waals surface area contributed by atoms with E-state index in [1.54, 1.807) is 12.1 Å². The molecule has 0 aliphatic heterocycles. The van der Waals surface area contributed by atoms with E-state index in [4.69, 9.17) is 33.7 Å². The zero-order valence-electron chi connectivity index (χ0n) is 8.10. The van der Waals surface area contributed by atoms with Crippen LogP contribution < -0.4 is 10.5 Å². The highest BCUT2D eigenvalue weighted by atomic mass is 79.9. The van der Waals surface area contributed by atoms with Crippen molar-refractivity contribution in [3.05, 3.63) is 26.7 Å². The number of halogens is 3. The summed E-state index contributed by atoms with van der Waals surface area (Å²) in [6, 6.07) is 3.43. The quantitative estimate of drug-likeness (QED) is 0.661. The molecule has 0 atom stereocenters. The highest BCUT2D eigenvalue weighted by Crippen LogP contribution is 2.34. The number of benzene rings is 1. The van der Waals surface area contributed by atoms with Gasteiger partial charge in [0.05, 0.1) is 16.7 Å². The molecule has 0 aromatic heterocycles. The monoisotopic (exact) mass is 311 g/mol. The first-order valence-corrected chi connectivity index (χ1v) is 6.17. The standard InChI is InChI=1S/C10H12BrCl2NO/c11-7-5-9(13)10(6-8(7)12)15-4-2-1-3-14/h5-6H,1-4,14H2. The van der Waals surface area contributed by atoms with Gasteiger partial charge in [-0.2, -0.15) is 0 Å². The molecule has 2 nitrogen and oxygen atoms in total. The average molecular weight is 313 g/mol. The van der Waals surface area contributed by atoms with Crippen molar-refractivity contribution in [2.24, 2.45) is 5.73 Å². The molecule has 0 bridgehead atoms. The predicted octanol–water partition coefficient (Wildman–Crippen LogP) is 3.87. The molecule has 0 aliphatic rings. The Kier molecular flexibility index (Phi) is 5.75. The third-order valence-corrected chi connectivity index (χ3v) is 3.32. The molecular formula is C10H12BrCl2NO. The van der Waals surface area contributed by atoms with Crippen LogP contribution in [0.4, 0.5) is 0 Å². The fraction of sp³-hybridized carbons (Fsp3) is 0.400. The molecule has 0 amide bonds. The van der Waals surface area contributed by atoms with Crippen molar-refractivity contribution in [3.63, 3.8) is 0 Å². The van der Waals surface area contributed by atoms with Crippen molar-refractivity contribution in [1.29, 1.82) is 0 Å². The highest BCUT2D eigenvalue weighted by molar-refractivity contribution is 9.10. The van der Waals surface area contributed by atoms with E-state index in [2.05, 4.69) is 15.9 Å².